The number of nitrogens with zero attached hydrogens (tertiary/aromatic N) is 2. The van der Waals surface area contributed by atoms with Gasteiger partial charge in [0.1, 0.15) is 6.20 Å². The molecule has 0 saturated carbocycles. The molecule has 0 aliphatic rings. The van der Waals surface area contributed by atoms with Gasteiger partial charge in [-0.1, -0.05) is 11.6 Å². The topological polar surface area (TPSA) is 25.8 Å². The summed E-state index contributed by atoms with van der Waals surface area (Å²) in [7, 11) is 0. The van der Waals surface area contributed by atoms with Crippen LogP contribution in [0.5, 0.6) is 0 Å². The van der Waals surface area contributed by atoms with Crippen LogP contribution in [0.15, 0.2) is 6.20 Å². The first-order valence-corrected chi connectivity index (χ1v) is 2.22. The van der Waals surface area contributed by atoms with Crippen molar-refractivity contribution in [3.05, 3.63) is 23.5 Å². The molecule has 1 rings (SSSR count). The van der Waals surface area contributed by atoms with Gasteiger partial charge in [0, 0.05) is 0 Å². The van der Waals surface area contributed by atoms with E-state index in [0.717, 1.165) is 6.20 Å². The van der Waals surface area contributed by atoms with Gasteiger partial charge in [0.05, 0.1) is 6.20 Å². The van der Waals surface area contributed by atoms with E-state index in [1.807, 2.05) is 0 Å². The Labute approximate surface area is 50.3 Å². The molecule has 0 N–H and O–H groups in total. The molecule has 0 aliphatic carbocycles. The predicted octanol–water partition coefficient (Wildman–Crippen LogP) is 1.07. The Morgan fingerprint density at radius 3 is 2.88 bits per heavy atom. The second-order valence-corrected chi connectivity index (χ2v) is 1.44. The van der Waals surface area contributed by atoms with Crippen molar-refractivity contribution in [2.24, 2.45) is 0 Å². The molecule has 0 atom stereocenters. The van der Waals surface area contributed by atoms with Crippen molar-refractivity contribution in [1.82, 2.24) is 9.97 Å². The summed E-state index contributed by atoms with van der Waals surface area (Å²) in [5.41, 5.74) is 0. The normalized spacial score (nSPS) is 9.25. The van der Waals surface area contributed by atoms with Crippen LogP contribution in [-0.2, 0) is 0 Å². The van der Waals surface area contributed by atoms with E-state index in [4.69, 9.17) is 11.6 Å². The Balaban J connectivity index is 3.13. The van der Waals surface area contributed by atoms with Crippen molar-refractivity contribution in [2.75, 3.05) is 0 Å². The van der Waals surface area contributed by atoms with Gasteiger partial charge in [-0.25, -0.2) is 9.97 Å². The van der Waals surface area contributed by atoms with Crippen molar-refractivity contribution in [1.29, 1.82) is 0 Å². The molecule has 0 amide bonds. The molecular weight excluding hydrogens is 131 g/mol. The molecule has 4 heteroatoms. The zero-order valence-electron chi connectivity index (χ0n) is 3.73. The average Bonchev–Trinajstić information content (AvgIpc) is 1.77. The van der Waals surface area contributed by atoms with Crippen LogP contribution in [0.1, 0.15) is 0 Å². The lowest BCUT2D eigenvalue weighted by Gasteiger charge is -1.84. The van der Waals surface area contributed by atoms with Crippen LogP contribution < -0.4 is 0 Å². The summed E-state index contributed by atoms with van der Waals surface area (Å²) in [5.74, 6) is -0.759. The van der Waals surface area contributed by atoms with Crippen LogP contribution in [0.3, 0.4) is 0 Å². The zero-order valence-corrected chi connectivity index (χ0v) is 4.48. The molecule has 1 heterocycles. The summed E-state index contributed by atoms with van der Waals surface area (Å²) in [6, 6.07) is 0. The molecule has 0 aromatic carbocycles. The molecule has 0 saturated heterocycles. The summed E-state index contributed by atoms with van der Waals surface area (Å²) in [6.45, 7) is 0. The molecule has 2 nitrogen and oxygen atoms in total. The summed E-state index contributed by atoms with van der Waals surface area (Å²) >= 11 is 5.13. The van der Waals surface area contributed by atoms with Crippen molar-refractivity contribution < 1.29 is 4.39 Å². The molecule has 0 bridgehead atoms. The second-order valence-electron chi connectivity index (χ2n) is 1.08. The van der Waals surface area contributed by atoms with E-state index < -0.39 is 5.95 Å². The van der Waals surface area contributed by atoms with E-state index in [1.54, 1.807) is 0 Å². The van der Waals surface area contributed by atoms with Gasteiger partial charge in [-0.3, -0.25) is 0 Å². The number of hydrogen-bond donors (Lipinski definition) is 0. The van der Waals surface area contributed by atoms with Crippen molar-refractivity contribution >= 4 is 11.6 Å². The minimum atomic E-state index is -0.759. The number of hydrogen-bond acceptors (Lipinski definition) is 2. The monoisotopic (exact) mass is 131 g/mol. The van der Waals surface area contributed by atoms with E-state index in [1.165, 1.54) is 0 Å². The summed E-state index contributed by atoms with van der Waals surface area (Å²) < 4.78 is 12.0. The third-order valence-corrected chi connectivity index (χ3v) is 0.809. The van der Waals surface area contributed by atoms with Crippen LogP contribution in [0, 0.1) is 12.1 Å². The smallest absolute Gasteiger partial charge is 0.228 e. The van der Waals surface area contributed by atoms with E-state index in [9.17, 15) is 4.39 Å². The number of rotatable bonds is 0. The zero-order chi connectivity index (χ0) is 5.98. The molecule has 1 aromatic heterocycles. The van der Waals surface area contributed by atoms with E-state index in [-0.39, 0.29) is 5.15 Å². The molecule has 0 unspecified atom stereocenters. The molecule has 8 heavy (non-hydrogen) atoms. The van der Waals surface area contributed by atoms with Gasteiger partial charge in [0.15, 0.2) is 5.15 Å². The Bertz CT molecular complexity index is 170. The first-order chi connectivity index (χ1) is 3.80. The Morgan fingerprint density at radius 1 is 1.75 bits per heavy atom. The number of halogens is 2. The molecule has 0 fully saturated rings. The van der Waals surface area contributed by atoms with Crippen molar-refractivity contribution in [2.45, 2.75) is 0 Å². The van der Waals surface area contributed by atoms with Gasteiger partial charge in [-0.15, -0.1) is 0 Å². The molecule has 0 spiro atoms. The Hall–Kier alpha value is -0.700. The molecule has 0 aliphatic heterocycles. The molecule has 41 valence electrons. The molecule has 1 aromatic rings. The van der Waals surface area contributed by atoms with Crippen molar-refractivity contribution in [3.63, 3.8) is 0 Å². The predicted molar refractivity (Wildman–Crippen MR) is 25.8 cm³/mol. The lowest BCUT2D eigenvalue weighted by molar-refractivity contribution is 0.577. The lowest BCUT2D eigenvalue weighted by Crippen LogP contribution is -1.84. The summed E-state index contributed by atoms with van der Waals surface area (Å²) in [6.07, 6.45) is 3.38. The van der Waals surface area contributed by atoms with Gasteiger partial charge in [0.2, 0.25) is 0 Å². The average molecular weight is 132 g/mol. The van der Waals surface area contributed by atoms with Crippen LogP contribution in [-0.4, -0.2) is 9.97 Å². The van der Waals surface area contributed by atoms with Crippen LogP contribution in [0.25, 0.3) is 0 Å². The largest absolute Gasteiger partial charge is 0.250 e. The Kier molecular flexibility index (Phi) is 1.39. The highest BCUT2D eigenvalue weighted by molar-refractivity contribution is 6.29. The highest BCUT2D eigenvalue weighted by atomic mass is 35.5. The first kappa shape index (κ1) is 5.44. The fourth-order valence-electron chi connectivity index (χ4n) is 0.270. The van der Waals surface area contributed by atoms with Gasteiger partial charge < -0.3 is 0 Å². The van der Waals surface area contributed by atoms with E-state index >= 15 is 0 Å². The van der Waals surface area contributed by atoms with E-state index in [0.29, 0.717) is 0 Å². The van der Waals surface area contributed by atoms with Gasteiger partial charge in [-0.05, 0) is 0 Å². The maximum Gasteiger partial charge on any atom is 0.250 e. The SMILES string of the molecule is Fc1nc[c]nc1Cl. The third-order valence-electron chi connectivity index (χ3n) is 0.569. The summed E-state index contributed by atoms with van der Waals surface area (Å²) in [5, 5.41) is -0.243. The lowest BCUT2D eigenvalue weighted by atomic mass is 10.7. The van der Waals surface area contributed by atoms with Crippen LogP contribution in [0.4, 0.5) is 4.39 Å². The molecule has 1 radical (unpaired) electrons. The fraction of sp³-hybridized carbons (Fsp3) is 0. The highest BCUT2D eigenvalue weighted by Crippen LogP contribution is 2.03. The van der Waals surface area contributed by atoms with E-state index in [2.05, 4.69) is 16.2 Å². The highest BCUT2D eigenvalue weighted by Gasteiger charge is 1.95. The standard InChI is InChI=1S/C4HClFN2/c5-3-4(6)8-2-1-7-3/h2H. The quantitative estimate of drug-likeness (QED) is 0.526. The fourth-order valence-corrected chi connectivity index (χ4v) is 0.368. The summed E-state index contributed by atoms with van der Waals surface area (Å²) in [4.78, 5) is 6.44. The maximum absolute atomic E-state index is 12.0. The first-order valence-electron chi connectivity index (χ1n) is 1.85. The van der Waals surface area contributed by atoms with Gasteiger partial charge in [0.25, 0.3) is 5.95 Å². The number of aromatic nitrogens is 2. The third kappa shape index (κ3) is 0.924. The van der Waals surface area contributed by atoms with Crippen LogP contribution >= 0.6 is 11.6 Å². The second kappa shape index (κ2) is 2.05. The van der Waals surface area contributed by atoms with Crippen LogP contribution in [0.2, 0.25) is 5.15 Å². The Morgan fingerprint density at radius 2 is 2.50 bits per heavy atom. The van der Waals surface area contributed by atoms with Gasteiger partial charge >= 0.3 is 0 Å². The minimum Gasteiger partial charge on any atom is -0.228 e. The van der Waals surface area contributed by atoms with Crippen molar-refractivity contribution in [3.8, 4) is 0 Å². The minimum absolute atomic E-state index is 0.243. The molecular formula is C4HClFN2. The maximum atomic E-state index is 12.0. The van der Waals surface area contributed by atoms with Gasteiger partial charge in [-0.2, -0.15) is 4.39 Å².